The SMILES string of the molecule is NC(=O)[C@@H]1CCCN(CC(=O)NCCc2ccc(OC(F)F)cc2)C1. The van der Waals surface area contributed by atoms with Gasteiger partial charge in [-0.25, -0.2) is 0 Å². The second-order valence-electron chi connectivity index (χ2n) is 6.10. The molecule has 25 heavy (non-hydrogen) atoms. The van der Waals surface area contributed by atoms with E-state index in [2.05, 4.69) is 10.1 Å². The zero-order valence-corrected chi connectivity index (χ0v) is 13.9. The van der Waals surface area contributed by atoms with Crippen LogP contribution in [-0.2, 0) is 16.0 Å². The molecule has 1 aliphatic rings. The maximum absolute atomic E-state index is 12.1. The van der Waals surface area contributed by atoms with Gasteiger partial charge in [0.25, 0.3) is 0 Å². The van der Waals surface area contributed by atoms with E-state index < -0.39 is 6.61 Å². The van der Waals surface area contributed by atoms with Crippen LogP contribution in [0.5, 0.6) is 5.75 Å². The van der Waals surface area contributed by atoms with Gasteiger partial charge >= 0.3 is 6.61 Å². The van der Waals surface area contributed by atoms with Gasteiger partial charge in [0.2, 0.25) is 11.8 Å². The Bertz CT molecular complexity index is 581. The molecule has 0 aromatic heterocycles. The normalized spacial score (nSPS) is 18.1. The molecule has 0 saturated carbocycles. The summed E-state index contributed by atoms with van der Waals surface area (Å²) in [6.07, 6.45) is 2.22. The monoisotopic (exact) mass is 355 g/mol. The van der Waals surface area contributed by atoms with Crippen molar-refractivity contribution in [3.63, 3.8) is 0 Å². The van der Waals surface area contributed by atoms with Crippen molar-refractivity contribution in [2.75, 3.05) is 26.2 Å². The molecule has 1 saturated heterocycles. The van der Waals surface area contributed by atoms with Crippen LogP contribution in [-0.4, -0.2) is 49.5 Å². The lowest BCUT2D eigenvalue weighted by molar-refractivity contribution is -0.126. The van der Waals surface area contributed by atoms with Gasteiger partial charge in [0.15, 0.2) is 0 Å². The van der Waals surface area contributed by atoms with Crippen LogP contribution in [0.3, 0.4) is 0 Å². The zero-order valence-electron chi connectivity index (χ0n) is 13.9. The molecule has 1 heterocycles. The number of benzene rings is 1. The number of alkyl halides is 2. The molecule has 138 valence electrons. The molecular formula is C17H23F2N3O3. The largest absolute Gasteiger partial charge is 0.435 e. The lowest BCUT2D eigenvalue weighted by Gasteiger charge is -2.30. The van der Waals surface area contributed by atoms with Crippen molar-refractivity contribution in [3.8, 4) is 5.75 Å². The molecule has 1 aromatic rings. The minimum atomic E-state index is -2.84. The Hall–Kier alpha value is -2.22. The number of primary amides is 1. The Morgan fingerprint density at radius 1 is 1.32 bits per heavy atom. The quantitative estimate of drug-likeness (QED) is 0.732. The number of halogens is 2. The number of piperidine rings is 1. The first-order chi connectivity index (χ1) is 11.9. The number of amides is 2. The van der Waals surface area contributed by atoms with Crippen molar-refractivity contribution >= 4 is 11.8 Å². The standard InChI is InChI=1S/C17H23F2N3O3/c18-17(19)25-14-5-3-12(4-6-14)7-8-21-15(23)11-22-9-1-2-13(10-22)16(20)24/h3-6,13,17H,1-2,7-11H2,(H2,20,24)(H,21,23)/t13-/m1/s1. The fraction of sp³-hybridized carbons (Fsp3) is 0.529. The molecule has 6 nitrogen and oxygen atoms in total. The van der Waals surface area contributed by atoms with E-state index in [0.717, 1.165) is 24.9 Å². The average molecular weight is 355 g/mol. The van der Waals surface area contributed by atoms with Gasteiger partial charge in [0, 0.05) is 13.1 Å². The maximum Gasteiger partial charge on any atom is 0.387 e. The third-order valence-corrected chi connectivity index (χ3v) is 4.16. The summed E-state index contributed by atoms with van der Waals surface area (Å²) in [7, 11) is 0. The minimum Gasteiger partial charge on any atom is -0.435 e. The molecule has 0 aliphatic carbocycles. The van der Waals surface area contributed by atoms with Crippen molar-refractivity contribution in [1.29, 1.82) is 0 Å². The highest BCUT2D eigenvalue weighted by Crippen LogP contribution is 2.16. The first-order valence-electron chi connectivity index (χ1n) is 8.26. The van der Waals surface area contributed by atoms with Crippen LogP contribution < -0.4 is 15.8 Å². The maximum atomic E-state index is 12.1. The Kier molecular flexibility index (Phi) is 7.12. The Balaban J connectivity index is 1.69. The second kappa shape index (κ2) is 9.31. The molecule has 0 bridgehead atoms. The molecule has 1 aromatic carbocycles. The van der Waals surface area contributed by atoms with Crippen LogP contribution >= 0.6 is 0 Å². The van der Waals surface area contributed by atoms with Gasteiger partial charge in [-0.1, -0.05) is 12.1 Å². The third-order valence-electron chi connectivity index (χ3n) is 4.16. The zero-order chi connectivity index (χ0) is 18.2. The Labute approximate surface area is 145 Å². The smallest absolute Gasteiger partial charge is 0.387 e. The number of nitrogens with one attached hydrogen (secondary N) is 1. The summed E-state index contributed by atoms with van der Waals surface area (Å²) in [5.74, 6) is -0.500. The predicted molar refractivity (Wildman–Crippen MR) is 88.1 cm³/mol. The summed E-state index contributed by atoms with van der Waals surface area (Å²) >= 11 is 0. The number of hydrogen-bond donors (Lipinski definition) is 2. The van der Waals surface area contributed by atoms with Crippen molar-refractivity contribution in [1.82, 2.24) is 10.2 Å². The van der Waals surface area contributed by atoms with E-state index in [-0.39, 0.29) is 30.0 Å². The molecule has 3 N–H and O–H groups in total. The number of nitrogens with zero attached hydrogens (tertiary/aromatic N) is 1. The lowest BCUT2D eigenvalue weighted by atomic mass is 9.97. The summed E-state index contributed by atoms with van der Waals surface area (Å²) in [4.78, 5) is 25.2. The van der Waals surface area contributed by atoms with E-state index in [1.54, 1.807) is 12.1 Å². The molecule has 1 atom stereocenters. The number of carbonyl (C=O) groups excluding carboxylic acids is 2. The number of rotatable bonds is 8. The third kappa shape index (κ3) is 6.66. The van der Waals surface area contributed by atoms with Crippen LogP contribution in [0.25, 0.3) is 0 Å². The first-order valence-corrected chi connectivity index (χ1v) is 8.26. The number of likely N-dealkylation sites (tertiary alicyclic amines) is 1. The van der Waals surface area contributed by atoms with E-state index in [0.29, 0.717) is 19.5 Å². The molecule has 0 radical (unpaired) electrons. The van der Waals surface area contributed by atoms with Gasteiger partial charge in [-0.2, -0.15) is 8.78 Å². The van der Waals surface area contributed by atoms with Gasteiger partial charge in [-0.05, 0) is 43.5 Å². The highest BCUT2D eigenvalue weighted by molar-refractivity contribution is 5.79. The summed E-state index contributed by atoms with van der Waals surface area (Å²) < 4.78 is 28.4. The molecule has 1 fully saturated rings. The topological polar surface area (TPSA) is 84.7 Å². The Morgan fingerprint density at radius 3 is 2.68 bits per heavy atom. The van der Waals surface area contributed by atoms with Gasteiger partial charge in [0.05, 0.1) is 12.5 Å². The van der Waals surface area contributed by atoms with E-state index in [9.17, 15) is 18.4 Å². The van der Waals surface area contributed by atoms with E-state index in [1.165, 1.54) is 12.1 Å². The number of carbonyl (C=O) groups is 2. The summed E-state index contributed by atoms with van der Waals surface area (Å²) in [6.45, 7) is -0.850. The first kappa shape index (κ1) is 19.1. The molecular weight excluding hydrogens is 332 g/mol. The highest BCUT2D eigenvalue weighted by Gasteiger charge is 2.24. The van der Waals surface area contributed by atoms with Gasteiger partial charge < -0.3 is 15.8 Å². The molecule has 8 heteroatoms. The summed E-state index contributed by atoms with van der Waals surface area (Å²) in [6, 6.07) is 6.32. The Morgan fingerprint density at radius 2 is 2.04 bits per heavy atom. The van der Waals surface area contributed by atoms with Gasteiger partial charge in [-0.3, -0.25) is 14.5 Å². The van der Waals surface area contributed by atoms with Crippen molar-refractivity contribution in [2.45, 2.75) is 25.9 Å². The van der Waals surface area contributed by atoms with Gasteiger partial charge in [0.1, 0.15) is 5.75 Å². The number of hydrogen-bond acceptors (Lipinski definition) is 4. The van der Waals surface area contributed by atoms with Crippen molar-refractivity contribution < 1.29 is 23.1 Å². The van der Waals surface area contributed by atoms with Crippen LogP contribution in [0.1, 0.15) is 18.4 Å². The molecule has 2 amide bonds. The highest BCUT2D eigenvalue weighted by atomic mass is 19.3. The number of nitrogens with two attached hydrogens (primary N) is 1. The molecule has 0 spiro atoms. The molecule has 0 unspecified atom stereocenters. The lowest BCUT2D eigenvalue weighted by Crippen LogP contribution is -2.45. The van der Waals surface area contributed by atoms with Crippen molar-refractivity contribution in [3.05, 3.63) is 29.8 Å². The van der Waals surface area contributed by atoms with Crippen LogP contribution in [0, 0.1) is 5.92 Å². The van der Waals surface area contributed by atoms with Gasteiger partial charge in [-0.15, -0.1) is 0 Å². The summed E-state index contributed by atoms with van der Waals surface area (Å²) in [5.41, 5.74) is 6.24. The second-order valence-corrected chi connectivity index (χ2v) is 6.10. The minimum absolute atomic E-state index is 0.108. The fourth-order valence-electron chi connectivity index (χ4n) is 2.87. The van der Waals surface area contributed by atoms with Crippen LogP contribution in [0.4, 0.5) is 8.78 Å². The fourth-order valence-corrected chi connectivity index (χ4v) is 2.87. The van der Waals surface area contributed by atoms with E-state index >= 15 is 0 Å². The van der Waals surface area contributed by atoms with Crippen LogP contribution in [0.15, 0.2) is 24.3 Å². The van der Waals surface area contributed by atoms with E-state index in [4.69, 9.17) is 5.73 Å². The van der Waals surface area contributed by atoms with Crippen LogP contribution in [0.2, 0.25) is 0 Å². The van der Waals surface area contributed by atoms with E-state index in [1.807, 2.05) is 4.90 Å². The van der Waals surface area contributed by atoms with Crippen molar-refractivity contribution in [2.24, 2.45) is 11.7 Å². The predicted octanol–water partition coefficient (Wildman–Crippen LogP) is 1.14. The summed E-state index contributed by atoms with van der Waals surface area (Å²) in [5, 5.41) is 2.82. The number of ether oxygens (including phenoxy) is 1. The molecule has 2 rings (SSSR count). The molecule has 1 aliphatic heterocycles. The average Bonchev–Trinajstić information content (AvgIpc) is 2.56.